The quantitative estimate of drug-likeness (QED) is 0.746. The van der Waals surface area contributed by atoms with Crippen LogP contribution in [0.25, 0.3) is 11.2 Å². The number of carbonyl (C=O) groups excluding carboxylic acids is 1. The maximum absolute atomic E-state index is 12.3. The van der Waals surface area contributed by atoms with E-state index in [0.29, 0.717) is 13.1 Å². The number of fused-ring (bicyclic) bond motifs is 1. The van der Waals surface area contributed by atoms with Gasteiger partial charge in [-0.05, 0) is 37.1 Å². The highest BCUT2D eigenvalue weighted by Gasteiger charge is 2.22. The minimum absolute atomic E-state index is 0.0452. The Labute approximate surface area is 146 Å². The number of nitrogens with zero attached hydrogens (tertiary/aromatic N) is 3. The first kappa shape index (κ1) is 15.8. The molecular formula is C19H21N5O. The van der Waals surface area contributed by atoms with Crippen LogP contribution in [0.1, 0.15) is 24.2 Å². The van der Waals surface area contributed by atoms with Crippen molar-refractivity contribution in [1.82, 2.24) is 25.2 Å². The van der Waals surface area contributed by atoms with Crippen LogP contribution in [0.15, 0.2) is 48.7 Å². The molecule has 1 aliphatic rings. The molecule has 0 bridgehead atoms. The van der Waals surface area contributed by atoms with Crippen LogP contribution in [0.3, 0.4) is 0 Å². The Balaban J connectivity index is 1.58. The number of imidazole rings is 1. The maximum atomic E-state index is 12.3. The summed E-state index contributed by atoms with van der Waals surface area (Å²) in [6.45, 7) is 2.00. The molecule has 1 aliphatic heterocycles. The summed E-state index contributed by atoms with van der Waals surface area (Å²) in [4.78, 5) is 21.4. The fraction of sp³-hybridized carbons (Fsp3) is 0.316. The van der Waals surface area contributed by atoms with Crippen molar-refractivity contribution in [2.45, 2.75) is 32.0 Å². The fourth-order valence-electron chi connectivity index (χ4n) is 3.27. The molecule has 6 nitrogen and oxygen atoms in total. The Morgan fingerprint density at radius 3 is 2.92 bits per heavy atom. The molecule has 1 aromatic carbocycles. The molecule has 0 spiro atoms. The summed E-state index contributed by atoms with van der Waals surface area (Å²) in [6.07, 6.45) is 3.72. The SMILES string of the molecule is O=C(NCc1nc2cccnc2n1Cc1ccccc1)C1CCCN1. The number of aromatic nitrogens is 3. The van der Waals surface area contributed by atoms with Gasteiger partial charge < -0.3 is 15.2 Å². The molecule has 1 unspecified atom stereocenters. The molecule has 4 rings (SSSR count). The second kappa shape index (κ2) is 7.03. The standard InChI is InChI=1S/C19H21N5O/c25-19(16-9-5-10-20-16)22-12-17-23-15-8-4-11-21-18(15)24(17)13-14-6-2-1-3-7-14/h1-4,6-8,11,16,20H,5,9-10,12-13H2,(H,22,25). The number of benzene rings is 1. The third kappa shape index (κ3) is 3.39. The lowest BCUT2D eigenvalue weighted by molar-refractivity contribution is -0.123. The zero-order valence-corrected chi connectivity index (χ0v) is 14.0. The first-order valence-electron chi connectivity index (χ1n) is 8.66. The molecule has 0 aliphatic carbocycles. The number of carbonyl (C=O) groups is 1. The number of nitrogens with one attached hydrogen (secondary N) is 2. The zero-order valence-electron chi connectivity index (χ0n) is 14.0. The summed E-state index contributed by atoms with van der Waals surface area (Å²) in [6, 6.07) is 14.0. The van der Waals surface area contributed by atoms with E-state index in [1.54, 1.807) is 6.20 Å². The zero-order chi connectivity index (χ0) is 17.1. The molecule has 25 heavy (non-hydrogen) atoms. The normalized spacial score (nSPS) is 17.0. The van der Waals surface area contributed by atoms with E-state index in [0.717, 1.165) is 36.4 Å². The van der Waals surface area contributed by atoms with Crippen LogP contribution in [0.2, 0.25) is 0 Å². The lowest BCUT2D eigenvalue weighted by atomic mass is 10.2. The van der Waals surface area contributed by atoms with Gasteiger partial charge >= 0.3 is 0 Å². The van der Waals surface area contributed by atoms with Gasteiger partial charge in [0.25, 0.3) is 0 Å². The predicted octanol–water partition coefficient (Wildman–Crippen LogP) is 1.85. The Kier molecular flexibility index (Phi) is 4.43. The van der Waals surface area contributed by atoms with Crippen molar-refractivity contribution in [3.05, 3.63) is 60.0 Å². The number of hydrogen-bond acceptors (Lipinski definition) is 4. The summed E-state index contributed by atoms with van der Waals surface area (Å²) in [5.41, 5.74) is 2.87. The van der Waals surface area contributed by atoms with Crippen molar-refractivity contribution in [3.63, 3.8) is 0 Å². The van der Waals surface area contributed by atoms with Crippen LogP contribution >= 0.6 is 0 Å². The molecule has 1 amide bonds. The van der Waals surface area contributed by atoms with Crippen LogP contribution in [0, 0.1) is 0 Å². The second-order valence-electron chi connectivity index (χ2n) is 6.31. The highest BCUT2D eigenvalue weighted by Crippen LogP contribution is 2.16. The number of pyridine rings is 1. The lowest BCUT2D eigenvalue weighted by Crippen LogP contribution is -2.40. The van der Waals surface area contributed by atoms with E-state index >= 15 is 0 Å². The van der Waals surface area contributed by atoms with E-state index in [1.165, 1.54) is 5.56 Å². The number of rotatable bonds is 5. The average molecular weight is 335 g/mol. The summed E-state index contributed by atoms with van der Waals surface area (Å²) < 4.78 is 2.08. The smallest absolute Gasteiger partial charge is 0.237 e. The van der Waals surface area contributed by atoms with Gasteiger partial charge in [0.05, 0.1) is 19.1 Å². The topological polar surface area (TPSA) is 71.8 Å². The van der Waals surface area contributed by atoms with Crippen LogP contribution in [0.4, 0.5) is 0 Å². The van der Waals surface area contributed by atoms with Gasteiger partial charge in [-0.3, -0.25) is 4.79 Å². The largest absolute Gasteiger partial charge is 0.348 e. The fourth-order valence-corrected chi connectivity index (χ4v) is 3.27. The van der Waals surface area contributed by atoms with Crippen LogP contribution in [0.5, 0.6) is 0 Å². The molecule has 0 saturated carbocycles. The monoisotopic (exact) mass is 335 g/mol. The minimum atomic E-state index is -0.0786. The molecule has 1 atom stereocenters. The summed E-state index contributed by atoms with van der Waals surface area (Å²) in [7, 11) is 0. The van der Waals surface area contributed by atoms with E-state index in [1.807, 2.05) is 30.3 Å². The molecule has 1 saturated heterocycles. The van der Waals surface area contributed by atoms with E-state index in [4.69, 9.17) is 0 Å². The van der Waals surface area contributed by atoms with E-state index in [-0.39, 0.29) is 11.9 Å². The average Bonchev–Trinajstić information content (AvgIpc) is 3.29. The van der Waals surface area contributed by atoms with Gasteiger partial charge in [-0.1, -0.05) is 30.3 Å². The van der Waals surface area contributed by atoms with Gasteiger partial charge in [0.2, 0.25) is 5.91 Å². The molecule has 2 N–H and O–H groups in total. The predicted molar refractivity (Wildman–Crippen MR) is 95.9 cm³/mol. The van der Waals surface area contributed by atoms with Crippen molar-refractivity contribution in [2.24, 2.45) is 0 Å². The van der Waals surface area contributed by atoms with Crippen molar-refractivity contribution >= 4 is 17.1 Å². The number of amides is 1. The second-order valence-corrected chi connectivity index (χ2v) is 6.31. The van der Waals surface area contributed by atoms with Crippen LogP contribution in [-0.4, -0.2) is 33.0 Å². The number of hydrogen-bond donors (Lipinski definition) is 2. The van der Waals surface area contributed by atoms with Gasteiger partial charge in [-0.25, -0.2) is 9.97 Å². The summed E-state index contributed by atoms with van der Waals surface area (Å²) in [5, 5.41) is 6.24. The first-order valence-corrected chi connectivity index (χ1v) is 8.66. The van der Waals surface area contributed by atoms with Crippen molar-refractivity contribution in [1.29, 1.82) is 0 Å². The van der Waals surface area contributed by atoms with Gasteiger partial charge in [0.15, 0.2) is 5.65 Å². The van der Waals surface area contributed by atoms with Gasteiger partial charge in [-0.2, -0.15) is 0 Å². The first-order chi connectivity index (χ1) is 12.3. The van der Waals surface area contributed by atoms with Crippen molar-refractivity contribution in [2.75, 3.05) is 6.54 Å². The minimum Gasteiger partial charge on any atom is -0.348 e. The molecule has 6 heteroatoms. The molecule has 1 fully saturated rings. The van der Waals surface area contributed by atoms with Crippen molar-refractivity contribution < 1.29 is 4.79 Å². The van der Waals surface area contributed by atoms with E-state index < -0.39 is 0 Å². The molecule has 3 heterocycles. The summed E-state index contributed by atoms with van der Waals surface area (Å²) in [5.74, 6) is 0.868. The molecule has 128 valence electrons. The Morgan fingerprint density at radius 2 is 2.12 bits per heavy atom. The maximum Gasteiger partial charge on any atom is 0.237 e. The Hall–Kier alpha value is -2.73. The molecule has 2 aromatic heterocycles. The third-order valence-electron chi connectivity index (χ3n) is 4.56. The van der Waals surface area contributed by atoms with E-state index in [2.05, 4.69) is 37.3 Å². The Morgan fingerprint density at radius 1 is 1.24 bits per heavy atom. The molecular weight excluding hydrogens is 314 g/mol. The van der Waals surface area contributed by atoms with Crippen LogP contribution in [-0.2, 0) is 17.9 Å². The molecule has 3 aromatic rings. The highest BCUT2D eigenvalue weighted by molar-refractivity contribution is 5.82. The van der Waals surface area contributed by atoms with Gasteiger partial charge in [-0.15, -0.1) is 0 Å². The molecule has 0 radical (unpaired) electrons. The third-order valence-corrected chi connectivity index (χ3v) is 4.56. The van der Waals surface area contributed by atoms with E-state index in [9.17, 15) is 4.79 Å². The highest BCUT2D eigenvalue weighted by atomic mass is 16.2. The Bertz CT molecular complexity index is 868. The van der Waals surface area contributed by atoms with Crippen LogP contribution < -0.4 is 10.6 Å². The lowest BCUT2D eigenvalue weighted by Gasteiger charge is -2.12. The summed E-state index contributed by atoms with van der Waals surface area (Å²) >= 11 is 0. The van der Waals surface area contributed by atoms with Gasteiger partial charge in [0, 0.05) is 6.20 Å². The van der Waals surface area contributed by atoms with Gasteiger partial charge in [0.1, 0.15) is 11.3 Å². The van der Waals surface area contributed by atoms with Crippen molar-refractivity contribution in [3.8, 4) is 0 Å².